The minimum atomic E-state index is -0.161. The molecule has 0 saturated carbocycles. The van der Waals surface area contributed by atoms with Crippen LogP contribution in [0.5, 0.6) is 5.88 Å². The first-order valence-electron chi connectivity index (χ1n) is 6.78. The van der Waals surface area contributed by atoms with Crippen molar-refractivity contribution < 1.29 is 9.13 Å². The Morgan fingerprint density at radius 1 is 1.25 bits per heavy atom. The average Bonchev–Trinajstić information content (AvgIpc) is 2.44. The van der Waals surface area contributed by atoms with E-state index >= 15 is 0 Å². The highest BCUT2D eigenvalue weighted by atomic mass is 19.1. The van der Waals surface area contributed by atoms with Gasteiger partial charge >= 0.3 is 0 Å². The summed E-state index contributed by atoms with van der Waals surface area (Å²) in [5.41, 5.74) is 1.61. The summed E-state index contributed by atoms with van der Waals surface area (Å²) in [5.74, 6) is 0.450. The Morgan fingerprint density at radius 3 is 2.70 bits per heavy atom. The summed E-state index contributed by atoms with van der Waals surface area (Å²) in [6.07, 6.45) is 2.35. The normalized spacial score (nSPS) is 11.9. The van der Waals surface area contributed by atoms with Crippen LogP contribution in [-0.2, 0) is 6.42 Å². The number of halogens is 1. The third-order valence-electron chi connectivity index (χ3n) is 2.93. The van der Waals surface area contributed by atoms with Gasteiger partial charge in [0.25, 0.3) is 0 Å². The number of hydrogen-bond acceptors (Lipinski definition) is 3. The largest absolute Gasteiger partial charge is 0.478 e. The molecule has 2 aromatic rings. The summed E-state index contributed by atoms with van der Waals surface area (Å²) in [6, 6.07) is 10.7. The standard InChI is InChI=1S/C16H19FN2O/c1-3-20-16-9-8-14(11-18-16)19-12(2)10-13-6-4-5-7-15(13)17/h4-9,11-12,19H,3,10H2,1-2H3. The maximum absolute atomic E-state index is 13.6. The van der Waals surface area contributed by atoms with Crippen LogP contribution in [0.2, 0.25) is 0 Å². The molecule has 0 fully saturated rings. The monoisotopic (exact) mass is 274 g/mol. The van der Waals surface area contributed by atoms with Gasteiger partial charge in [0.2, 0.25) is 5.88 Å². The van der Waals surface area contributed by atoms with Crippen molar-refractivity contribution in [2.45, 2.75) is 26.3 Å². The fourth-order valence-corrected chi connectivity index (χ4v) is 2.03. The van der Waals surface area contributed by atoms with Crippen LogP contribution in [-0.4, -0.2) is 17.6 Å². The Kier molecular flexibility index (Phi) is 4.93. The molecule has 2 rings (SSSR count). The summed E-state index contributed by atoms with van der Waals surface area (Å²) in [7, 11) is 0. The van der Waals surface area contributed by atoms with Gasteiger partial charge in [0.1, 0.15) is 5.82 Å². The van der Waals surface area contributed by atoms with Crippen molar-refractivity contribution in [1.82, 2.24) is 4.98 Å². The van der Waals surface area contributed by atoms with E-state index in [1.165, 1.54) is 6.07 Å². The molecule has 1 N–H and O–H groups in total. The molecule has 0 spiro atoms. The van der Waals surface area contributed by atoms with Crippen LogP contribution < -0.4 is 10.1 Å². The summed E-state index contributed by atoms with van der Waals surface area (Å²) >= 11 is 0. The van der Waals surface area contributed by atoms with Gasteiger partial charge in [-0.2, -0.15) is 0 Å². The first kappa shape index (κ1) is 14.3. The van der Waals surface area contributed by atoms with Gasteiger partial charge in [-0.25, -0.2) is 9.37 Å². The quantitative estimate of drug-likeness (QED) is 0.872. The van der Waals surface area contributed by atoms with E-state index in [9.17, 15) is 4.39 Å². The summed E-state index contributed by atoms with van der Waals surface area (Å²) in [6.45, 7) is 4.54. The van der Waals surface area contributed by atoms with Crippen molar-refractivity contribution in [3.8, 4) is 5.88 Å². The number of nitrogens with zero attached hydrogens (tertiary/aromatic N) is 1. The van der Waals surface area contributed by atoms with Crippen molar-refractivity contribution in [2.24, 2.45) is 0 Å². The zero-order chi connectivity index (χ0) is 14.4. The second-order valence-electron chi connectivity index (χ2n) is 4.66. The number of ether oxygens (including phenoxy) is 1. The number of hydrogen-bond donors (Lipinski definition) is 1. The number of aromatic nitrogens is 1. The van der Waals surface area contributed by atoms with Crippen molar-refractivity contribution in [1.29, 1.82) is 0 Å². The fraction of sp³-hybridized carbons (Fsp3) is 0.312. The highest BCUT2D eigenvalue weighted by Crippen LogP contribution is 2.15. The van der Waals surface area contributed by atoms with Crippen LogP contribution in [0.15, 0.2) is 42.6 Å². The van der Waals surface area contributed by atoms with Crippen LogP contribution >= 0.6 is 0 Å². The third kappa shape index (κ3) is 3.95. The Morgan fingerprint density at radius 2 is 2.05 bits per heavy atom. The van der Waals surface area contributed by atoms with E-state index in [4.69, 9.17) is 4.74 Å². The van der Waals surface area contributed by atoms with Gasteiger partial charge in [-0.1, -0.05) is 18.2 Å². The number of pyridine rings is 1. The molecule has 0 aliphatic rings. The van der Waals surface area contributed by atoms with Gasteiger partial charge in [-0.15, -0.1) is 0 Å². The molecule has 20 heavy (non-hydrogen) atoms. The zero-order valence-corrected chi connectivity index (χ0v) is 11.8. The molecule has 1 heterocycles. The topological polar surface area (TPSA) is 34.1 Å². The third-order valence-corrected chi connectivity index (χ3v) is 2.93. The van der Waals surface area contributed by atoms with E-state index in [1.807, 2.05) is 38.1 Å². The predicted octanol–water partition coefficient (Wildman–Crippen LogP) is 3.66. The highest BCUT2D eigenvalue weighted by Gasteiger charge is 2.07. The lowest BCUT2D eigenvalue weighted by Crippen LogP contribution is -2.18. The van der Waals surface area contributed by atoms with E-state index in [2.05, 4.69) is 10.3 Å². The van der Waals surface area contributed by atoms with Crippen LogP contribution in [0.25, 0.3) is 0 Å². The molecule has 1 unspecified atom stereocenters. The molecule has 4 heteroatoms. The van der Waals surface area contributed by atoms with Crippen molar-refractivity contribution in [3.05, 3.63) is 54.0 Å². The molecule has 1 aromatic carbocycles. The molecule has 0 bridgehead atoms. The van der Waals surface area contributed by atoms with Crippen molar-refractivity contribution in [2.75, 3.05) is 11.9 Å². The molecule has 106 valence electrons. The van der Waals surface area contributed by atoms with Crippen LogP contribution in [0.4, 0.5) is 10.1 Å². The molecule has 0 saturated heterocycles. The Bertz CT molecular complexity index is 542. The van der Waals surface area contributed by atoms with Crippen LogP contribution in [0.3, 0.4) is 0 Å². The maximum Gasteiger partial charge on any atom is 0.213 e. The SMILES string of the molecule is CCOc1ccc(NC(C)Cc2ccccc2F)cn1. The van der Waals surface area contributed by atoms with Gasteiger partial charge in [0.15, 0.2) is 0 Å². The highest BCUT2D eigenvalue weighted by molar-refractivity contribution is 5.43. The van der Waals surface area contributed by atoms with E-state index < -0.39 is 0 Å². The van der Waals surface area contributed by atoms with Crippen molar-refractivity contribution >= 4 is 5.69 Å². The van der Waals surface area contributed by atoms with E-state index in [0.717, 1.165) is 5.69 Å². The smallest absolute Gasteiger partial charge is 0.213 e. The molecule has 0 radical (unpaired) electrons. The zero-order valence-electron chi connectivity index (χ0n) is 11.8. The van der Waals surface area contributed by atoms with Gasteiger partial charge < -0.3 is 10.1 Å². The van der Waals surface area contributed by atoms with Gasteiger partial charge in [-0.3, -0.25) is 0 Å². The van der Waals surface area contributed by atoms with Gasteiger partial charge in [-0.05, 0) is 38.0 Å². The molecule has 0 aliphatic heterocycles. The Labute approximate surface area is 118 Å². The van der Waals surface area contributed by atoms with E-state index in [-0.39, 0.29) is 11.9 Å². The molecule has 3 nitrogen and oxygen atoms in total. The minimum absolute atomic E-state index is 0.117. The number of rotatable bonds is 6. The van der Waals surface area contributed by atoms with Crippen LogP contribution in [0.1, 0.15) is 19.4 Å². The number of benzene rings is 1. The summed E-state index contributed by atoms with van der Waals surface area (Å²) < 4.78 is 18.9. The minimum Gasteiger partial charge on any atom is -0.478 e. The molecule has 1 aromatic heterocycles. The van der Waals surface area contributed by atoms with E-state index in [1.54, 1.807) is 12.3 Å². The fourth-order valence-electron chi connectivity index (χ4n) is 2.03. The molecular weight excluding hydrogens is 255 g/mol. The first-order chi connectivity index (χ1) is 9.69. The second-order valence-corrected chi connectivity index (χ2v) is 4.66. The van der Waals surface area contributed by atoms with E-state index in [0.29, 0.717) is 24.5 Å². The second kappa shape index (κ2) is 6.89. The Hall–Kier alpha value is -2.10. The first-order valence-corrected chi connectivity index (χ1v) is 6.78. The maximum atomic E-state index is 13.6. The molecule has 0 amide bonds. The molecular formula is C16H19FN2O. The van der Waals surface area contributed by atoms with Gasteiger partial charge in [0, 0.05) is 12.1 Å². The number of anilines is 1. The summed E-state index contributed by atoms with van der Waals surface area (Å²) in [4.78, 5) is 4.19. The molecule has 1 atom stereocenters. The Balaban J connectivity index is 1.94. The lowest BCUT2D eigenvalue weighted by molar-refractivity contribution is 0.327. The summed E-state index contributed by atoms with van der Waals surface area (Å²) in [5, 5.41) is 3.30. The number of nitrogens with one attached hydrogen (secondary N) is 1. The lowest BCUT2D eigenvalue weighted by atomic mass is 10.1. The lowest BCUT2D eigenvalue weighted by Gasteiger charge is -2.15. The predicted molar refractivity (Wildman–Crippen MR) is 78.6 cm³/mol. The molecule has 0 aliphatic carbocycles. The van der Waals surface area contributed by atoms with Crippen LogP contribution in [0, 0.1) is 5.82 Å². The average molecular weight is 274 g/mol. The van der Waals surface area contributed by atoms with Crippen molar-refractivity contribution in [3.63, 3.8) is 0 Å². The van der Waals surface area contributed by atoms with Gasteiger partial charge in [0.05, 0.1) is 18.5 Å².